The number of hydrogen-bond donors (Lipinski definition) is 2. The Hall–Kier alpha value is -3.05. The normalized spacial score (nSPS) is 11.7. The molecule has 3 rings (SSSR count). The first-order chi connectivity index (χ1) is 12.9. The van der Waals surface area contributed by atoms with Gasteiger partial charge in [0.05, 0.1) is 12.3 Å². The zero-order valence-corrected chi connectivity index (χ0v) is 15.7. The van der Waals surface area contributed by atoms with Crippen molar-refractivity contribution < 1.29 is 14.0 Å². The summed E-state index contributed by atoms with van der Waals surface area (Å²) < 4.78 is 5.09. The summed E-state index contributed by atoms with van der Waals surface area (Å²) in [6.45, 7) is 3.74. The third-order valence-corrected chi connectivity index (χ3v) is 4.42. The van der Waals surface area contributed by atoms with Crippen LogP contribution in [0, 0.1) is 6.92 Å². The van der Waals surface area contributed by atoms with Crippen LogP contribution in [0.25, 0.3) is 0 Å². The SMILES string of the molecule is Cc1ccc(C(=O)NC(C)c2cccc(Cl)c2)cc1NC(=O)c1ccco1. The van der Waals surface area contributed by atoms with E-state index in [4.69, 9.17) is 16.0 Å². The molecule has 6 heteroatoms. The van der Waals surface area contributed by atoms with Crippen molar-refractivity contribution in [3.8, 4) is 0 Å². The van der Waals surface area contributed by atoms with Gasteiger partial charge in [0.1, 0.15) is 0 Å². The molecule has 0 fully saturated rings. The predicted octanol–water partition coefficient (Wildman–Crippen LogP) is 4.98. The molecule has 1 aromatic heterocycles. The maximum Gasteiger partial charge on any atom is 0.291 e. The van der Waals surface area contributed by atoms with Gasteiger partial charge in [-0.15, -0.1) is 0 Å². The molecule has 0 bridgehead atoms. The van der Waals surface area contributed by atoms with Crippen LogP contribution >= 0.6 is 11.6 Å². The summed E-state index contributed by atoms with van der Waals surface area (Å²) in [4.78, 5) is 24.8. The third kappa shape index (κ3) is 4.57. The molecule has 2 N–H and O–H groups in total. The van der Waals surface area contributed by atoms with Gasteiger partial charge in [-0.2, -0.15) is 0 Å². The first kappa shape index (κ1) is 18.7. The second-order valence-corrected chi connectivity index (χ2v) is 6.65. The van der Waals surface area contributed by atoms with Gasteiger partial charge < -0.3 is 15.1 Å². The highest BCUT2D eigenvalue weighted by Gasteiger charge is 2.15. The van der Waals surface area contributed by atoms with Gasteiger partial charge in [0, 0.05) is 16.3 Å². The van der Waals surface area contributed by atoms with E-state index in [1.165, 1.54) is 6.26 Å². The lowest BCUT2D eigenvalue weighted by atomic mass is 10.1. The van der Waals surface area contributed by atoms with E-state index in [1.54, 1.807) is 36.4 Å². The van der Waals surface area contributed by atoms with Crippen LogP contribution in [0.1, 0.15) is 45.0 Å². The summed E-state index contributed by atoms with van der Waals surface area (Å²) in [6, 6.07) is 15.5. The summed E-state index contributed by atoms with van der Waals surface area (Å²) >= 11 is 6.01. The van der Waals surface area contributed by atoms with Gasteiger partial charge in [-0.1, -0.05) is 29.8 Å². The molecule has 1 atom stereocenters. The van der Waals surface area contributed by atoms with Crippen molar-refractivity contribution in [1.29, 1.82) is 0 Å². The number of aryl methyl sites for hydroxylation is 1. The van der Waals surface area contributed by atoms with E-state index in [-0.39, 0.29) is 23.6 Å². The van der Waals surface area contributed by atoms with Crippen LogP contribution in [-0.4, -0.2) is 11.8 Å². The van der Waals surface area contributed by atoms with E-state index < -0.39 is 0 Å². The number of halogens is 1. The van der Waals surface area contributed by atoms with E-state index in [1.807, 2.05) is 32.0 Å². The molecule has 2 amide bonds. The second kappa shape index (κ2) is 8.10. The fraction of sp³-hybridized carbons (Fsp3) is 0.143. The lowest BCUT2D eigenvalue weighted by Gasteiger charge is -2.16. The van der Waals surface area contributed by atoms with Gasteiger partial charge in [-0.25, -0.2) is 0 Å². The molecule has 0 spiro atoms. The molecule has 0 radical (unpaired) electrons. The molecule has 1 heterocycles. The molecule has 138 valence electrons. The molecule has 5 nitrogen and oxygen atoms in total. The maximum atomic E-state index is 12.6. The Bertz CT molecular complexity index is 967. The Kier molecular flexibility index (Phi) is 5.62. The first-order valence-electron chi connectivity index (χ1n) is 8.46. The van der Waals surface area contributed by atoms with Crippen LogP contribution in [-0.2, 0) is 0 Å². The van der Waals surface area contributed by atoms with Crippen molar-refractivity contribution in [2.24, 2.45) is 0 Å². The molecule has 0 aliphatic rings. The van der Waals surface area contributed by atoms with Crippen molar-refractivity contribution in [3.05, 3.63) is 88.3 Å². The fourth-order valence-electron chi connectivity index (χ4n) is 2.63. The highest BCUT2D eigenvalue weighted by molar-refractivity contribution is 6.30. The van der Waals surface area contributed by atoms with Gasteiger partial charge in [0.2, 0.25) is 0 Å². The summed E-state index contributed by atoms with van der Waals surface area (Å²) in [7, 11) is 0. The average Bonchev–Trinajstić information content (AvgIpc) is 3.18. The van der Waals surface area contributed by atoms with Crippen molar-refractivity contribution in [2.45, 2.75) is 19.9 Å². The number of hydrogen-bond acceptors (Lipinski definition) is 3. The van der Waals surface area contributed by atoms with E-state index in [0.29, 0.717) is 16.3 Å². The van der Waals surface area contributed by atoms with E-state index in [9.17, 15) is 9.59 Å². The van der Waals surface area contributed by atoms with Crippen molar-refractivity contribution >= 4 is 29.1 Å². The number of amides is 2. The second-order valence-electron chi connectivity index (χ2n) is 6.21. The molecule has 2 aromatic carbocycles. The molecular formula is C21H19ClN2O3. The monoisotopic (exact) mass is 382 g/mol. The Labute approximate surface area is 162 Å². The van der Waals surface area contributed by atoms with Crippen LogP contribution < -0.4 is 10.6 Å². The van der Waals surface area contributed by atoms with Crippen LogP contribution in [0.4, 0.5) is 5.69 Å². The van der Waals surface area contributed by atoms with E-state index in [0.717, 1.165) is 11.1 Å². The number of furan rings is 1. The van der Waals surface area contributed by atoms with Crippen LogP contribution in [0.2, 0.25) is 5.02 Å². The zero-order chi connectivity index (χ0) is 19.4. The number of anilines is 1. The average molecular weight is 383 g/mol. The third-order valence-electron chi connectivity index (χ3n) is 4.19. The van der Waals surface area contributed by atoms with Crippen LogP contribution in [0.3, 0.4) is 0 Å². The minimum Gasteiger partial charge on any atom is -0.459 e. The number of rotatable bonds is 5. The fourth-order valence-corrected chi connectivity index (χ4v) is 2.83. The van der Waals surface area contributed by atoms with Crippen molar-refractivity contribution in [1.82, 2.24) is 5.32 Å². The molecule has 3 aromatic rings. The Morgan fingerprint density at radius 2 is 1.85 bits per heavy atom. The summed E-state index contributed by atoms with van der Waals surface area (Å²) in [5.74, 6) is -0.400. The Morgan fingerprint density at radius 3 is 2.56 bits per heavy atom. The Morgan fingerprint density at radius 1 is 1.04 bits per heavy atom. The van der Waals surface area contributed by atoms with Crippen LogP contribution in [0.15, 0.2) is 65.3 Å². The highest BCUT2D eigenvalue weighted by atomic mass is 35.5. The minimum absolute atomic E-state index is 0.207. The zero-order valence-electron chi connectivity index (χ0n) is 15.0. The molecule has 0 aliphatic carbocycles. The van der Waals surface area contributed by atoms with Gasteiger partial charge >= 0.3 is 0 Å². The molecule has 0 aliphatic heterocycles. The largest absolute Gasteiger partial charge is 0.459 e. The number of benzene rings is 2. The molecule has 27 heavy (non-hydrogen) atoms. The lowest BCUT2D eigenvalue weighted by Crippen LogP contribution is -2.26. The van der Waals surface area contributed by atoms with Crippen molar-refractivity contribution in [2.75, 3.05) is 5.32 Å². The smallest absolute Gasteiger partial charge is 0.291 e. The number of nitrogens with one attached hydrogen (secondary N) is 2. The quantitative estimate of drug-likeness (QED) is 0.653. The molecule has 1 unspecified atom stereocenters. The summed E-state index contributed by atoms with van der Waals surface area (Å²) in [6.07, 6.45) is 1.43. The molecular weight excluding hydrogens is 364 g/mol. The van der Waals surface area contributed by atoms with Crippen LogP contribution in [0.5, 0.6) is 0 Å². The maximum absolute atomic E-state index is 12.6. The molecule has 0 saturated carbocycles. The predicted molar refractivity (Wildman–Crippen MR) is 105 cm³/mol. The standard InChI is InChI=1S/C21H19ClN2O3/c1-13-8-9-16(12-18(13)24-21(26)19-7-4-10-27-19)20(25)23-14(2)15-5-3-6-17(22)11-15/h3-12,14H,1-2H3,(H,23,25)(H,24,26). The summed E-state index contributed by atoms with van der Waals surface area (Å²) in [5.41, 5.74) is 2.76. The topological polar surface area (TPSA) is 71.3 Å². The number of carbonyl (C=O) groups excluding carboxylic acids is 2. The van der Waals surface area contributed by atoms with E-state index >= 15 is 0 Å². The van der Waals surface area contributed by atoms with E-state index in [2.05, 4.69) is 10.6 Å². The Balaban J connectivity index is 1.74. The first-order valence-corrected chi connectivity index (χ1v) is 8.83. The lowest BCUT2D eigenvalue weighted by molar-refractivity contribution is 0.0938. The summed E-state index contributed by atoms with van der Waals surface area (Å²) in [5, 5.41) is 6.33. The van der Waals surface area contributed by atoms with Gasteiger partial charge in [0.25, 0.3) is 11.8 Å². The molecule has 0 saturated heterocycles. The highest BCUT2D eigenvalue weighted by Crippen LogP contribution is 2.21. The van der Waals surface area contributed by atoms with Crippen molar-refractivity contribution in [3.63, 3.8) is 0 Å². The minimum atomic E-state index is -0.368. The number of carbonyl (C=O) groups is 2. The van der Waals surface area contributed by atoms with Gasteiger partial charge in [-0.05, 0) is 61.4 Å². The van der Waals surface area contributed by atoms with Gasteiger partial charge in [-0.3, -0.25) is 9.59 Å². The van der Waals surface area contributed by atoms with Gasteiger partial charge in [0.15, 0.2) is 5.76 Å².